The molecular formula is C17H15N3O2S. The van der Waals surface area contributed by atoms with Gasteiger partial charge in [0.2, 0.25) is 0 Å². The van der Waals surface area contributed by atoms with Gasteiger partial charge < -0.3 is 10.1 Å². The van der Waals surface area contributed by atoms with Crippen molar-refractivity contribution in [2.75, 3.05) is 5.32 Å². The summed E-state index contributed by atoms with van der Waals surface area (Å²) in [6.45, 7) is 3.40. The highest BCUT2D eigenvalue weighted by molar-refractivity contribution is 7.14. The Morgan fingerprint density at radius 2 is 2.00 bits per heavy atom. The molecule has 5 nitrogen and oxygen atoms in total. The smallest absolute Gasteiger partial charge is 0.308 e. The first-order chi connectivity index (χ1) is 11.1. The first-order valence-electron chi connectivity index (χ1n) is 7.04. The molecule has 0 bridgehead atoms. The molecule has 0 saturated carbocycles. The van der Waals surface area contributed by atoms with Crippen LogP contribution in [0, 0.1) is 6.92 Å². The Balaban J connectivity index is 1.75. The van der Waals surface area contributed by atoms with E-state index in [2.05, 4.69) is 15.3 Å². The molecule has 0 amide bonds. The molecule has 3 aromatic rings. The van der Waals surface area contributed by atoms with Crippen LogP contribution in [-0.4, -0.2) is 15.9 Å². The fraction of sp³-hybridized carbons (Fsp3) is 0.118. The summed E-state index contributed by atoms with van der Waals surface area (Å²) in [7, 11) is 0. The molecule has 2 aromatic heterocycles. The van der Waals surface area contributed by atoms with Crippen molar-refractivity contribution < 1.29 is 9.53 Å². The van der Waals surface area contributed by atoms with E-state index in [0.29, 0.717) is 5.75 Å². The topological polar surface area (TPSA) is 64.1 Å². The number of anilines is 2. The van der Waals surface area contributed by atoms with E-state index < -0.39 is 0 Å². The van der Waals surface area contributed by atoms with Gasteiger partial charge in [-0.2, -0.15) is 0 Å². The Morgan fingerprint density at radius 3 is 2.70 bits per heavy atom. The number of rotatable bonds is 4. The van der Waals surface area contributed by atoms with Gasteiger partial charge in [-0.3, -0.25) is 4.79 Å². The van der Waals surface area contributed by atoms with Crippen molar-refractivity contribution >= 4 is 28.3 Å². The van der Waals surface area contributed by atoms with Crippen molar-refractivity contribution in [3.8, 4) is 17.0 Å². The summed E-state index contributed by atoms with van der Waals surface area (Å²) >= 11 is 1.51. The van der Waals surface area contributed by atoms with E-state index in [9.17, 15) is 4.79 Å². The minimum absolute atomic E-state index is 0.330. The predicted octanol–water partition coefficient (Wildman–Crippen LogP) is 4.18. The normalized spacial score (nSPS) is 10.3. The molecule has 1 aromatic carbocycles. The first-order valence-corrected chi connectivity index (χ1v) is 7.92. The highest BCUT2D eigenvalue weighted by Gasteiger charge is 2.06. The Morgan fingerprint density at radius 1 is 1.22 bits per heavy atom. The van der Waals surface area contributed by atoms with E-state index in [0.717, 1.165) is 27.8 Å². The van der Waals surface area contributed by atoms with E-state index in [1.807, 2.05) is 36.6 Å². The van der Waals surface area contributed by atoms with Crippen LogP contribution in [0.15, 0.2) is 48.0 Å². The van der Waals surface area contributed by atoms with Crippen molar-refractivity contribution in [2.24, 2.45) is 0 Å². The number of pyridine rings is 1. The molecule has 0 aliphatic carbocycles. The standard InChI is InChI=1S/C17H15N3O2S/c1-11-7-8-18-16(9-11)20-17-19-15(10-23-17)13-3-5-14(6-4-13)22-12(2)21/h3-10H,1-2H3,(H,18,19,20). The highest BCUT2D eigenvalue weighted by Crippen LogP contribution is 2.28. The monoisotopic (exact) mass is 325 g/mol. The molecule has 116 valence electrons. The molecule has 2 heterocycles. The Hall–Kier alpha value is -2.73. The molecule has 0 radical (unpaired) electrons. The van der Waals surface area contributed by atoms with Crippen LogP contribution in [0.1, 0.15) is 12.5 Å². The summed E-state index contributed by atoms with van der Waals surface area (Å²) in [6, 6.07) is 11.2. The summed E-state index contributed by atoms with van der Waals surface area (Å²) in [6.07, 6.45) is 1.76. The number of carbonyl (C=O) groups excluding carboxylic acids is 1. The first kappa shape index (κ1) is 15.2. The number of nitrogens with one attached hydrogen (secondary N) is 1. The third kappa shape index (κ3) is 3.92. The average Bonchev–Trinajstić information content (AvgIpc) is 2.96. The van der Waals surface area contributed by atoms with Crippen LogP contribution >= 0.6 is 11.3 Å². The van der Waals surface area contributed by atoms with Crippen molar-refractivity contribution in [1.29, 1.82) is 0 Å². The second kappa shape index (κ2) is 6.58. The summed E-state index contributed by atoms with van der Waals surface area (Å²) < 4.78 is 5.02. The fourth-order valence-electron chi connectivity index (χ4n) is 2.04. The summed E-state index contributed by atoms with van der Waals surface area (Å²) in [5.74, 6) is 0.971. The van der Waals surface area contributed by atoms with Crippen LogP contribution in [-0.2, 0) is 4.79 Å². The number of aromatic nitrogens is 2. The van der Waals surface area contributed by atoms with Gasteiger partial charge >= 0.3 is 5.97 Å². The maximum Gasteiger partial charge on any atom is 0.308 e. The zero-order valence-corrected chi connectivity index (χ0v) is 13.6. The van der Waals surface area contributed by atoms with E-state index in [1.165, 1.54) is 18.3 Å². The molecule has 0 unspecified atom stereocenters. The molecule has 0 saturated heterocycles. The van der Waals surface area contributed by atoms with Gasteiger partial charge in [0.15, 0.2) is 5.13 Å². The minimum atomic E-state index is -0.330. The minimum Gasteiger partial charge on any atom is -0.427 e. The van der Waals surface area contributed by atoms with Gasteiger partial charge in [0.25, 0.3) is 0 Å². The molecule has 23 heavy (non-hydrogen) atoms. The number of carbonyl (C=O) groups is 1. The number of hydrogen-bond donors (Lipinski definition) is 1. The maximum absolute atomic E-state index is 10.9. The van der Waals surface area contributed by atoms with Crippen molar-refractivity contribution in [3.63, 3.8) is 0 Å². The second-order valence-corrected chi connectivity index (χ2v) is 5.86. The molecule has 0 spiro atoms. The third-order valence-electron chi connectivity index (χ3n) is 3.07. The Kier molecular flexibility index (Phi) is 4.34. The van der Waals surface area contributed by atoms with Crippen LogP contribution in [0.25, 0.3) is 11.3 Å². The molecular weight excluding hydrogens is 310 g/mol. The van der Waals surface area contributed by atoms with Crippen molar-refractivity contribution in [3.05, 3.63) is 53.5 Å². The Labute approximate surface area is 138 Å². The number of esters is 1. The summed E-state index contributed by atoms with van der Waals surface area (Å²) in [5, 5.41) is 5.95. The van der Waals surface area contributed by atoms with Crippen LogP contribution in [0.3, 0.4) is 0 Å². The summed E-state index contributed by atoms with van der Waals surface area (Å²) in [5.41, 5.74) is 2.96. The number of benzene rings is 1. The molecule has 0 aliphatic heterocycles. The quantitative estimate of drug-likeness (QED) is 0.576. The van der Waals surface area contributed by atoms with Crippen LogP contribution in [0.5, 0.6) is 5.75 Å². The fourth-order valence-corrected chi connectivity index (χ4v) is 2.76. The molecule has 1 N–H and O–H groups in total. The molecule has 0 aliphatic rings. The lowest BCUT2D eigenvalue weighted by molar-refractivity contribution is -0.131. The lowest BCUT2D eigenvalue weighted by atomic mass is 10.2. The number of aryl methyl sites for hydroxylation is 1. The van der Waals surface area contributed by atoms with Crippen molar-refractivity contribution in [2.45, 2.75) is 13.8 Å². The number of thiazole rings is 1. The highest BCUT2D eigenvalue weighted by atomic mass is 32.1. The van der Waals surface area contributed by atoms with Gasteiger partial charge in [-0.25, -0.2) is 9.97 Å². The number of ether oxygens (including phenoxy) is 1. The average molecular weight is 325 g/mol. The van der Waals surface area contributed by atoms with Gasteiger partial charge in [-0.05, 0) is 48.9 Å². The molecule has 6 heteroatoms. The second-order valence-electron chi connectivity index (χ2n) is 5.00. The van der Waals surface area contributed by atoms with E-state index in [-0.39, 0.29) is 5.97 Å². The SMILES string of the molecule is CC(=O)Oc1ccc(-c2csc(Nc3cc(C)ccn3)n2)cc1. The van der Waals surface area contributed by atoms with E-state index in [4.69, 9.17) is 4.74 Å². The van der Waals surface area contributed by atoms with Gasteiger partial charge in [0.05, 0.1) is 5.69 Å². The summed E-state index contributed by atoms with van der Waals surface area (Å²) in [4.78, 5) is 19.7. The van der Waals surface area contributed by atoms with E-state index in [1.54, 1.807) is 18.3 Å². The largest absolute Gasteiger partial charge is 0.427 e. The predicted molar refractivity (Wildman–Crippen MR) is 91.1 cm³/mol. The van der Waals surface area contributed by atoms with Gasteiger partial charge in [0.1, 0.15) is 11.6 Å². The number of hydrogen-bond acceptors (Lipinski definition) is 6. The lowest BCUT2D eigenvalue weighted by Crippen LogP contribution is -2.00. The van der Waals surface area contributed by atoms with Crippen LogP contribution in [0.2, 0.25) is 0 Å². The zero-order valence-electron chi connectivity index (χ0n) is 12.7. The van der Waals surface area contributed by atoms with E-state index >= 15 is 0 Å². The van der Waals surface area contributed by atoms with Gasteiger partial charge in [0, 0.05) is 24.1 Å². The van der Waals surface area contributed by atoms with Crippen molar-refractivity contribution in [1.82, 2.24) is 9.97 Å². The molecule has 0 fully saturated rings. The van der Waals surface area contributed by atoms with Crippen LogP contribution < -0.4 is 10.1 Å². The van der Waals surface area contributed by atoms with Gasteiger partial charge in [-0.1, -0.05) is 0 Å². The maximum atomic E-state index is 10.9. The number of nitrogens with zero attached hydrogens (tertiary/aromatic N) is 2. The third-order valence-corrected chi connectivity index (χ3v) is 3.82. The lowest BCUT2D eigenvalue weighted by Gasteiger charge is -2.03. The zero-order chi connectivity index (χ0) is 16.2. The molecule has 3 rings (SSSR count). The van der Waals surface area contributed by atoms with Crippen LogP contribution in [0.4, 0.5) is 10.9 Å². The Bertz CT molecular complexity index is 828. The van der Waals surface area contributed by atoms with Gasteiger partial charge in [-0.15, -0.1) is 11.3 Å². The molecule has 0 atom stereocenters.